The maximum atomic E-state index is 9.80. The Balaban J connectivity index is 3.25. The van der Waals surface area contributed by atoms with Gasteiger partial charge in [0.1, 0.15) is 0 Å². The van der Waals surface area contributed by atoms with Crippen LogP contribution in [0.1, 0.15) is 29.2 Å². The Morgan fingerprint density at radius 2 is 2.06 bits per heavy atom. The van der Waals surface area contributed by atoms with E-state index < -0.39 is 0 Å². The molecule has 0 bridgehead atoms. The molecule has 0 aliphatic heterocycles. The van der Waals surface area contributed by atoms with Crippen LogP contribution in [0.25, 0.3) is 0 Å². The second-order valence-corrected chi connectivity index (χ2v) is 3.91. The summed E-state index contributed by atoms with van der Waals surface area (Å²) in [5, 5.41) is 18.7. The average molecular weight is 225 g/mol. The minimum atomic E-state index is -0.238. The Morgan fingerprint density at radius 3 is 2.56 bits per heavy atom. The van der Waals surface area contributed by atoms with Crippen molar-refractivity contribution in [2.45, 2.75) is 26.3 Å². The van der Waals surface area contributed by atoms with Crippen LogP contribution >= 0.6 is 0 Å². The molecule has 4 nitrogen and oxygen atoms in total. The first-order valence-corrected chi connectivity index (χ1v) is 5.26. The molecule has 0 aliphatic rings. The number of aryl methyl sites for hydroxylation is 1. The second kappa shape index (κ2) is 5.18. The van der Waals surface area contributed by atoms with E-state index in [9.17, 15) is 5.11 Å². The summed E-state index contributed by atoms with van der Waals surface area (Å²) in [5.41, 5.74) is 8.41. The highest BCUT2D eigenvalue weighted by molar-refractivity contribution is 5.54. The van der Waals surface area contributed by atoms with E-state index in [0.717, 1.165) is 16.7 Å². The minimum absolute atomic E-state index is 0.0445. The fourth-order valence-corrected chi connectivity index (χ4v) is 1.83. The summed E-state index contributed by atoms with van der Waals surface area (Å²) in [6.45, 7) is 3.69. The van der Waals surface area contributed by atoms with Crippen molar-refractivity contribution in [3.8, 4) is 11.5 Å². The van der Waals surface area contributed by atoms with E-state index in [1.165, 1.54) is 7.11 Å². The molecule has 4 N–H and O–H groups in total. The monoisotopic (exact) mass is 225 g/mol. The number of aliphatic hydroxyl groups is 1. The topological polar surface area (TPSA) is 75.7 Å². The van der Waals surface area contributed by atoms with E-state index in [1.54, 1.807) is 6.92 Å². The molecule has 1 atom stereocenters. The number of rotatable bonds is 4. The van der Waals surface area contributed by atoms with Crippen molar-refractivity contribution < 1.29 is 14.9 Å². The molecule has 0 heterocycles. The number of benzene rings is 1. The fraction of sp³-hybridized carbons (Fsp3) is 0.500. The Morgan fingerprint density at radius 1 is 1.44 bits per heavy atom. The standard InChI is InChI=1S/C12H19NO3/c1-7-6-9(10(13)4-5-14)8(2)12(16-3)11(7)15/h6,10,14-15H,4-5,13H2,1-3H3. The molecule has 0 saturated heterocycles. The summed E-state index contributed by atoms with van der Waals surface area (Å²) in [7, 11) is 1.52. The highest BCUT2D eigenvalue weighted by atomic mass is 16.5. The lowest BCUT2D eigenvalue weighted by Crippen LogP contribution is -2.14. The summed E-state index contributed by atoms with van der Waals surface area (Å²) >= 11 is 0. The number of nitrogens with two attached hydrogens (primary N) is 1. The molecule has 0 spiro atoms. The van der Waals surface area contributed by atoms with E-state index in [4.69, 9.17) is 15.6 Å². The summed E-state index contributed by atoms with van der Waals surface area (Å²) in [6, 6.07) is 1.60. The van der Waals surface area contributed by atoms with Gasteiger partial charge in [0.15, 0.2) is 11.5 Å². The van der Waals surface area contributed by atoms with Crippen LogP contribution in [-0.2, 0) is 0 Å². The number of phenols is 1. The molecule has 1 aromatic rings. The lowest BCUT2D eigenvalue weighted by molar-refractivity contribution is 0.276. The van der Waals surface area contributed by atoms with Crippen LogP contribution in [-0.4, -0.2) is 23.9 Å². The molecular formula is C12H19NO3. The van der Waals surface area contributed by atoms with Crippen LogP contribution in [0.4, 0.5) is 0 Å². The zero-order valence-electron chi connectivity index (χ0n) is 9.95. The third-order valence-corrected chi connectivity index (χ3v) is 2.78. The number of methoxy groups -OCH3 is 1. The molecule has 0 radical (unpaired) electrons. The molecule has 90 valence electrons. The number of aliphatic hydroxyl groups excluding tert-OH is 1. The number of ether oxygens (including phenoxy) is 1. The Kier molecular flexibility index (Phi) is 4.15. The normalized spacial score (nSPS) is 12.6. The average Bonchev–Trinajstić information content (AvgIpc) is 2.24. The fourth-order valence-electron chi connectivity index (χ4n) is 1.83. The second-order valence-electron chi connectivity index (χ2n) is 3.91. The Labute approximate surface area is 95.7 Å². The molecule has 1 aromatic carbocycles. The van der Waals surface area contributed by atoms with Crippen molar-refractivity contribution in [2.75, 3.05) is 13.7 Å². The first-order valence-electron chi connectivity index (χ1n) is 5.26. The van der Waals surface area contributed by atoms with Gasteiger partial charge in [-0.15, -0.1) is 0 Å². The summed E-state index contributed by atoms with van der Waals surface area (Å²) in [4.78, 5) is 0. The summed E-state index contributed by atoms with van der Waals surface area (Å²) < 4.78 is 5.16. The van der Waals surface area contributed by atoms with Crippen LogP contribution in [0.3, 0.4) is 0 Å². The zero-order valence-corrected chi connectivity index (χ0v) is 9.95. The van der Waals surface area contributed by atoms with Crippen molar-refractivity contribution in [2.24, 2.45) is 5.73 Å². The van der Waals surface area contributed by atoms with E-state index >= 15 is 0 Å². The highest BCUT2D eigenvalue weighted by Crippen LogP contribution is 2.37. The Hall–Kier alpha value is -1.26. The van der Waals surface area contributed by atoms with Gasteiger partial charge in [-0.3, -0.25) is 0 Å². The predicted molar refractivity (Wildman–Crippen MR) is 62.8 cm³/mol. The molecule has 0 fully saturated rings. The van der Waals surface area contributed by atoms with Gasteiger partial charge >= 0.3 is 0 Å². The van der Waals surface area contributed by atoms with Crippen LogP contribution in [0.2, 0.25) is 0 Å². The van der Waals surface area contributed by atoms with Gasteiger partial charge in [0, 0.05) is 12.6 Å². The molecule has 1 unspecified atom stereocenters. The van der Waals surface area contributed by atoms with Crippen molar-refractivity contribution >= 4 is 0 Å². The van der Waals surface area contributed by atoms with Crippen molar-refractivity contribution in [3.05, 3.63) is 22.8 Å². The number of hydrogen-bond donors (Lipinski definition) is 3. The number of phenolic OH excluding ortho intramolecular Hbond substituents is 1. The van der Waals surface area contributed by atoms with Gasteiger partial charge < -0.3 is 20.7 Å². The zero-order chi connectivity index (χ0) is 12.3. The quantitative estimate of drug-likeness (QED) is 0.724. The first-order chi connectivity index (χ1) is 7.52. The van der Waals surface area contributed by atoms with Crippen LogP contribution < -0.4 is 10.5 Å². The van der Waals surface area contributed by atoms with Gasteiger partial charge in [0.25, 0.3) is 0 Å². The van der Waals surface area contributed by atoms with Gasteiger partial charge in [0.05, 0.1) is 7.11 Å². The Bertz CT molecular complexity index is 377. The van der Waals surface area contributed by atoms with Gasteiger partial charge in [0.2, 0.25) is 0 Å². The molecular weight excluding hydrogens is 206 g/mol. The number of aromatic hydroxyl groups is 1. The maximum Gasteiger partial charge on any atom is 0.163 e. The third-order valence-electron chi connectivity index (χ3n) is 2.78. The maximum absolute atomic E-state index is 9.80. The van der Waals surface area contributed by atoms with E-state index in [2.05, 4.69) is 0 Å². The summed E-state index contributed by atoms with van der Waals surface area (Å²) in [5.74, 6) is 0.614. The highest BCUT2D eigenvalue weighted by Gasteiger charge is 2.17. The van der Waals surface area contributed by atoms with Crippen LogP contribution in [0.15, 0.2) is 6.07 Å². The lowest BCUT2D eigenvalue weighted by Gasteiger charge is -2.18. The van der Waals surface area contributed by atoms with E-state index in [-0.39, 0.29) is 18.4 Å². The van der Waals surface area contributed by atoms with E-state index in [0.29, 0.717) is 12.2 Å². The third kappa shape index (κ3) is 2.28. The molecule has 0 amide bonds. The van der Waals surface area contributed by atoms with Gasteiger partial charge in [-0.2, -0.15) is 0 Å². The smallest absolute Gasteiger partial charge is 0.163 e. The van der Waals surface area contributed by atoms with Crippen molar-refractivity contribution in [1.82, 2.24) is 0 Å². The first kappa shape index (κ1) is 12.8. The van der Waals surface area contributed by atoms with Crippen LogP contribution in [0, 0.1) is 13.8 Å². The molecule has 16 heavy (non-hydrogen) atoms. The largest absolute Gasteiger partial charge is 0.504 e. The van der Waals surface area contributed by atoms with Gasteiger partial charge in [-0.25, -0.2) is 0 Å². The van der Waals surface area contributed by atoms with Crippen molar-refractivity contribution in [1.29, 1.82) is 0 Å². The van der Waals surface area contributed by atoms with Gasteiger partial charge in [-0.05, 0) is 37.0 Å². The lowest BCUT2D eigenvalue weighted by atomic mass is 9.96. The van der Waals surface area contributed by atoms with Crippen LogP contribution in [0.5, 0.6) is 11.5 Å². The number of hydrogen-bond acceptors (Lipinski definition) is 4. The molecule has 1 rings (SSSR count). The SMILES string of the molecule is COc1c(C)c(C(N)CCO)cc(C)c1O. The minimum Gasteiger partial charge on any atom is -0.504 e. The molecule has 0 aliphatic carbocycles. The molecule has 0 saturated carbocycles. The molecule has 0 aromatic heterocycles. The summed E-state index contributed by atoms with van der Waals surface area (Å²) in [6.07, 6.45) is 0.494. The van der Waals surface area contributed by atoms with Gasteiger partial charge in [-0.1, -0.05) is 6.07 Å². The predicted octanol–water partition coefficient (Wildman–Crippen LogP) is 1.40. The van der Waals surface area contributed by atoms with E-state index in [1.807, 2.05) is 13.0 Å². The molecule has 4 heteroatoms. The van der Waals surface area contributed by atoms with Crippen molar-refractivity contribution in [3.63, 3.8) is 0 Å².